The number of nitrogens with two attached hydrogens (primary N) is 1. The van der Waals surface area contributed by atoms with Gasteiger partial charge >= 0.3 is 0 Å². The van der Waals surface area contributed by atoms with E-state index in [2.05, 4.69) is 16.3 Å². The van der Waals surface area contributed by atoms with Gasteiger partial charge in [0.05, 0.1) is 24.0 Å². The van der Waals surface area contributed by atoms with Gasteiger partial charge in [0, 0.05) is 12.2 Å². The van der Waals surface area contributed by atoms with Crippen molar-refractivity contribution in [3.8, 4) is 17.7 Å². The molecule has 3 aromatic rings. The molecule has 1 aromatic carbocycles. The first-order valence-electron chi connectivity index (χ1n) is 8.26. The highest BCUT2D eigenvalue weighted by atomic mass is 32.2. The molecule has 0 aliphatic carbocycles. The quantitative estimate of drug-likeness (QED) is 0.493. The van der Waals surface area contributed by atoms with Crippen LogP contribution in [0.15, 0.2) is 58.3 Å². The lowest BCUT2D eigenvalue weighted by molar-refractivity contribution is -0.117. The van der Waals surface area contributed by atoms with Crippen LogP contribution in [0.5, 0.6) is 0 Å². The van der Waals surface area contributed by atoms with Gasteiger partial charge in [-0.2, -0.15) is 5.26 Å². The Morgan fingerprint density at radius 2 is 2.11 bits per heavy atom. The summed E-state index contributed by atoms with van der Waals surface area (Å²) in [5.74, 6) is 6.80. The summed E-state index contributed by atoms with van der Waals surface area (Å²) in [7, 11) is 0. The number of thioether (sulfide) groups is 1. The molecule has 8 nitrogen and oxygen atoms in total. The van der Waals surface area contributed by atoms with Crippen molar-refractivity contribution in [3.63, 3.8) is 0 Å². The van der Waals surface area contributed by atoms with Crippen LogP contribution in [0.2, 0.25) is 0 Å². The van der Waals surface area contributed by atoms with Crippen molar-refractivity contribution in [1.82, 2.24) is 14.9 Å². The molecule has 138 valence electrons. The average molecular weight is 382 g/mol. The molecule has 0 saturated heterocycles. The van der Waals surface area contributed by atoms with Crippen LogP contribution in [0, 0.1) is 11.3 Å². The summed E-state index contributed by atoms with van der Waals surface area (Å²) < 4.78 is 6.59. The van der Waals surface area contributed by atoms with Crippen LogP contribution in [0.3, 0.4) is 0 Å². The maximum Gasteiger partial charge on any atom is 0.240 e. The number of amides is 1. The third kappa shape index (κ3) is 4.12. The Bertz CT molecular complexity index is 933. The summed E-state index contributed by atoms with van der Waals surface area (Å²) in [6.45, 7) is 2.09. The number of hydrogen-bond donors (Lipinski definition) is 1. The van der Waals surface area contributed by atoms with Gasteiger partial charge in [0.15, 0.2) is 5.76 Å². The number of carbonyl (C=O) groups is 1. The average Bonchev–Trinajstić information content (AvgIpc) is 3.33. The van der Waals surface area contributed by atoms with Crippen LogP contribution in [0.25, 0.3) is 11.6 Å². The topological polar surface area (TPSA) is 114 Å². The van der Waals surface area contributed by atoms with Gasteiger partial charge in [-0.3, -0.25) is 4.79 Å². The minimum atomic E-state index is -0.472. The highest BCUT2D eigenvalue weighted by Gasteiger charge is 2.25. The summed E-state index contributed by atoms with van der Waals surface area (Å²) in [5.41, 5.74) is 0.746. The second-order valence-corrected chi connectivity index (χ2v) is 6.96. The lowest BCUT2D eigenvalue weighted by atomic mass is 10.2. The second-order valence-electron chi connectivity index (χ2n) is 5.65. The molecule has 0 aliphatic rings. The molecule has 1 atom stereocenters. The molecule has 0 fully saturated rings. The zero-order valence-electron chi connectivity index (χ0n) is 14.6. The summed E-state index contributed by atoms with van der Waals surface area (Å²) in [5, 5.41) is 16.9. The van der Waals surface area contributed by atoms with Crippen LogP contribution in [-0.4, -0.2) is 32.6 Å². The van der Waals surface area contributed by atoms with E-state index < -0.39 is 5.25 Å². The summed E-state index contributed by atoms with van der Waals surface area (Å²) >= 11 is 1.20. The van der Waals surface area contributed by atoms with E-state index in [0.717, 1.165) is 5.69 Å². The molecule has 3 rings (SSSR count). The van der Waals surface area contributed by atoms with Crippen molar-refractivity contribution in [2.75, 3.05) is 17.3 Å². The molecule has 1 amide bonds. The molecule has 0 saturated carbocycles. The molecule has 9 heteroatoms. The fraction of sp³-hybridized carbons (Fsp3) is 0.222. The van der Waals surface area contributed by atoms with Crippen molar-refractivity contribution in [3.05, 3.63) is 48.7 Å². The standard InChI is InChI=1S/C18H18N6O2S/c1-13(17(25)23(11-6-10-19)14-7-3-2-4-8-14)27-18-22-21-16(24(18)20)15-9-5-12-26-15/h2-5,7-9,12-13H,6,11,20H2,1H3/t13-/m1/s1. The number of anilines is 1. The van der Waals surface area contributed by atoms with E-state index in [0.29, 0.717) is 23.3 Å². The summed E-state index contributed by atoms with van der Waals surface area (Å²) in [6, 6.07) is 14.8. The van der Waals surface area contributed by atoms with E-state index in [1.165, 1.54) is 22.7 Å². The minimum Gasteiger partial charge on any atom is -0.461 e. The molecule has 0 aliphatic heterocycles. The first kappa shape index (κ1) is 18.5. The Morgan fingerprint density at radius 1 is 1.33 bits per heavy atom. The van der Waals surface area contributed by atoms with Gasteiger partial charge in [-0.15, -0.1) is 10.2 Å². The maximum absolute atomic E-state index is 13.0. The van der Waals surface area contributed by atoms with Gasteiger partial charge in [-0.1, -0.05) is 30.0 Å². The third-order valence-electron chi connectivity index (χ3n) is 3.82. The van der Waals surface area contributed by atoms with Gasteiger partial charge in [0.2, 0.25) is 16.9 Å². The molecular weight excluding hydrogens is 364 g/mol. The van der Waals surface area contributed by atoms with Gasteiger partial charge in [-0.05, 0) is 31.2 Å². The van der Waals surface area contributed by atoms with E-state index in [4.69, 9.17) is 15.5 Å². The molecule has 2 aromatic heterocycles. The van der Waals surface area contributed by atoms with Crippen molar-refractivity contribution >= 4 is 23.4 Å². The van der Waals surface area contributed by atoms with Crippen LogP contribution in [-0.2, 0) is 4.79 Å². The van der Waals surface area contributed by atoms with Gasteiger partial charge in [0.1, 0.15) is 0 Å². The molecule has 2 N–H and O–H groups in total. The zero-order valence-corrected chi connectivity index (χ0v) is 15.5. The normalized spacial score (nSPS) is 11.7. The van der Waals surface area contributed by atoms with Crippen molar-refractivity contribution in [2.45, 2.75) is 23.8 Å². The fourth-order valence-corrected chi connectivity index (χ4v) is 3.33. The molecule has 0 unspecified atom stereocenters. The minimum absolute atomic E-state index is 0.135. The van der Waals surface area contributed by atoms with Gasteiger partial charge in [0.25, 0.3) is 0 Å². The number of para-hydroxylation sites is 1. The van der Waals surface area contributed by atoms with Gasteiger partial charge < -0.3 is 15.2 Å². The summed E-state index contributed by atoms with van der Waals surface area (Å²) in [4.78, 5) is 14.6. The number of nitriles is 1. The van der Waals surface area contributed by atoms with E-state index in [-0.39, 0.29) is 12.3 Å². The first-order chi connectivity index (χ1) is 13.1. The molecular formula is C18H18N6O2S. The van der Waals surface area contributed by atoms with Gasteiger partial charge in [-0.25, -0.2) is 4.68 Å². The van der Waals surface area contributed by atoms with Crippen LogP contribution in [0.4, 0.5) is 5.69 Å². The van der Waals surface area contributed by atoms with Crippen molar-refractivity contribution in [2.24, 2.45) is 0 Å². The van der Waals surface area contributed by atoms with Crippen LogP contribution >= 0.6 is 11.8 Å². The highest BCUT2D eigenvalue weighted by Crippen LogP contribution is 2.27. The fourth-order valence-electron chi connectivity index (χ4n) is 2.50. The van der Waals surface area contributed by atoms with Crippen LogP contribution in [0.1, 0.15) is 13.3 Å². The monoisotopic (exact) mass is 382 g/mol. The summed E-state index contributed by atoms with van der Waals surface area (Å²) in [6.07, 6.45) is 1.77. The third-order valence-corrected chi connectivity index (χ3v) is 4.86. The molecule has 27 heavy (non-hydrogen) atoms. The van der Waals surface area contributed by atoms with Crippen molar-refractivity contribution in [1.29, 1.82) is 5.26 Å². The number of nitrogens with zero attached hydrogens (tertiary/aromatic N) is 5. The second kappa shape index (κ2) is 8.42. The van der Waals surface area contributed by atoms with Crippen LogP contribution < -0.4 is 10.7 Å². The molecule has 2 heterocycles. The Morgan fingerprint density at radius 3 is 2.78 bits per heavy atom. The lowest BCUT2D eigenvalue weighted by Gasteiger charge is -2.24. The number of benzene rings is 1. The van der Waals surface area contributed by atoms with E-state index >= 15 is 0 Å². The van der Waals surface area contributed by atoms with E-state index in [1.807, 2.05) is 30.3 Å². The number of aromatic nitrogens is 3. The van der Waals surface area contributed by atoms with Crippen molar-refractivity contribution < 1.29 is 9.21 Å². The number of carbonyl (C=O) groups excluding carboxylic acids is 1. The van der Waals surface area contributed by atoms with E-state index in [9.17, 15) is 4.79 Å². The number of hydrogen-bond acceptors (Lipinski definition) is 7. The predicted molar refractivity (Wildman–Crippen MR) is 102 cm³/mol. The Kier molecular flexibility index (Phi) is 5.78. The molecule has 0 bridgehead atoms. The Hall–Kier alpha value is -3.25. The number of furan rings is 1. The lowest BCUT2D eigenvalue weighted by Crippen LogP contribution is -2.37. The Labute approximate surface area is 160 Å². The predicted octanol–water partition coefficient (Wildman–Crippen LogP) is 2.68. The maximum atomic E-state index is 13.0. The highest BCUT2D eigenvalue weighted by molar-refractivity contribution is 8.00. The zero-order chi connectivity index (χ0) is 19.2. The molecule has 0 radical (unpaired) electrons. The number of rotatable bonds is 7. The smallest absolute Gasteiger partial charge is 0.240 e. The molecule has 0 spiro atoms. The SMILES string of the molecule is C[C@@H](Sc1nnc(-c2ccco2)n1N)C(=O)N(CCC#N)c1ccccc1. The van der Waals surface area contributed by atoms with E-state index in [1.54, 1.807) is 24.0 Å². The number of nitrogen functional groups attached to an aromatic ring is 1. The largest absolute Gasteiger partial charge is 0.461 e. The first-order valence-corrected chi connectivity index (χ1v) is 9.14. The Balaban J connectivity index is 1.77.